The van der Waals surface area contributed by atoms with E-state index >= 15 is 0 Å². The van der Waals surface area contributed by atoms with Gasteiger partial charge >= 0.3 is 0 Å². The topological polar surface area (TPSA) is 75.3 Å². The van der Waals surface area contributed by atoms with E-state index in [2.05, 4.69) is 5.32 Å². The van der Waals surface area contributed by atoms with Gasteiger partial charge in [0.05, 0.1) is 6.04 Å². The molecule has 0 rings (SSSR count). The van der Waals surface area contributed by atoms with Crippen molar-refractivity contribution in [2.75, 3.05) is 6.61 Å². The molecule has 0 aromatic heterocycles. The van der Waals surface area contributed by atoms with Crippen LogP contribution >= 0.6 is 0 Å². The number of aliphatic hydroxyl groups is 1. The fraction of sp³-hybridized carbons (Fsp3) is 0.857. The van der Waals surface area contributed by atoms with Gasteiger partial charge in [-0.2, -0.15) is 0 Å². The fourth-order valence-electron chi connectivity index (χ4n) is 0.640. The molecule has 0 fully saturated rings. The molecule has 0 aliphatic heterocycles. The first-order chi connectivity index (χ1) is 5.07. The van der Waals surface area contributed by atoms with E-state index in [0.29, 0.717) is 6.42 Å². The Morgan fingerprint density at radius 3 is 2.55 bits per heavy atom. The number of hydrogen-bond acceptors (Lipinski definition) is 3. The first-order valence-corrected chi connectivity index (χ1v) is 3.74. The van der Waals surface area contributed by atoms with Gasteiger partial charge in [-0.1, -0.05) is 0 Å². The summed E-state index contributed by atoms with van der Waals surface area (Å²) in [5.74, 6) is -0.175. The van der Waals surface area contributed by atoms with Gasteiger partial charge in [0.1, 0.15) is 0 Å². The lowest BCUT2D eigenvalue weighted by molar-refractivity contribution is -0.122. The molecule has 11 heavy (non-hydrogen) atoms. The van der Waals surface area contributed by atoms with E-state index in [1.807, 2.05) is 6.92 Å². The Morgan fingerprint density at radius 2 is 2.18 bits per heavy atom. The van der Waals surface area contributed by atoms with Gasteiger partial charge < -0.3 is 16.2 Å². The lowest BCUT2D eigenvalue weighted by Gasteiger charge is -2.13. The maximum Gasteiger partial charge on any atom is 0.236 e. The number of nitrogens with two attached hydrogens (primary N) is 1. The largest absolute Gasteiger partial charge is 0.396 e. The standard InChI is InChI=1S/C7H16N2O2/c1-5(3-4-10)9-7(11)6(2)8/h5-6,10H,3-4,8H2,1-2H3,(H,9,11)/t5?,6-/m1/s1. The molecular weight excluding hydrogens is 144 g/mol. The van der Waals surface area contributed by atoms with Crippen molar-refractivity contribution in [1.82, 2.24) is 5.32 Å². The van der Waals surface area contributed by atoms with Gasteiger partial charge in [-0.15, -0.1) is 0 Å². The van der Waals surface area contributed by atoms with E-state index in [9.17, 15) is 4.79 Å². The highest BCUT2D eigenvalue weighted by Gasteiger charge is 2.09. The van der Waals surface area contributed by atoms with Crippen molar-refractivity contribution in [3.63, 3.8) is 0 Å². The third-order valence-electron chi connectivity index (χ3n) is 1.36. The van der Waals surface area contributed by atoms with Crippen LogP contribution < -0.4 is 11.1 Å². The molecular formula is C7H16N2O2. The SMILES string of the molecule is CC(CCO)NC(=O)[C@@H](C)N. The van der Waals surface area contributed by atoms with Crippen LogP contribution in [0, 0.1) is 0 Å². The number of aliphatic hydroxyl groups excluding tert-OH is 1. The van der Waals surface area contributed by atoms with E-state index in [4.69, 9.17) is 10.8 Å². The van der Waals surface area contributed by atoms with Crippen LogP contribution in [0.25, 0.3) is 0 Å². The number of hydrogen-bond donors (Lipinski definition) is 3. The molecule has 0 aliphatic carbocycles. The molecule has 66 valence electrons. The molecule has 1 unspecified atom stereocenters. The average Bonchev–Trinajstić information content (AvgIpc) is 1.87. The van der Waals surface area contributed by atoms with Crippen LogP contribution in [-0.4, -0.2) is 29.7 Å². The number of carbonyl (C=O) groups is 1. The van der Waals surface area contributed by atoms with Crippen molar-refractivity contribution in [1.29, 1.82) is 0 Å². The van der Waals surface area contributed by atoms with Crippen LogP contribution in [0.4, 0.5) is 0 Å². The van der Waals surface area contributed by atoms with Crippen molar-refractivity contribution in [2.45, 2.75) is 32.4 Å². The first-order valence-electron chi connectivity index (χ1n) is 3.74. The van der Waals surface area contributed by atoms with Gasteiger partial charge in [0.25, 0.3) is 0 Å². The summed E-state index contributed by atoms with van der Waals surface area (Å²) in [5.41, 5.74) is 5.31. The fourth-order valence-corrected chi connectivity index (χ4v) is 0.640. The van der Waals surface area contributed by atoms with Crippen LogP contribution in [0.15, 0.2) is 0 Å². The third-order valence-corrected chi connectivity index (χ3v) is 1.36. The van der Waals surface area contributed by atoms with Crippen molar-refractivity contribution >= 4 is 5.91 Å². The molecule has 0 aromatic carbocycles. The number of carbonyl (C=O) groups excluding carboxylic acids is 1. The van der Waals surface area contributed by atoms with Crippen LogP contribution in [0.3, 0.4) is 0 Å². The van der Waals surface area contributed by atoms with Gasteiger partial charge in [0, 0.05) is 12.6 Å². The quantitative estimate of drug-likeness (QED) is 0.505. The third kappa shape index (κ3) is 4.75. The van der Waals surface area contributed by atoms with Gasteiger partial charge in [-0.3, -0.25) is 4.79 Å². The molecule has 0 radical (unpaired) electrons. The molecule has 4 nitrogen and oxygen atoms in total. The van der Waals surface area contributed by atoms with E-state index in [1.165, 1.54) is 0 Å². The summed E-state index contributed by atoms with van der Waals surface area (Å²) in [7, 11) is 0. The molecule has 4 heteroatoms. The molecule has 0 aliphatic rings. The molecule has 1 amide bonds. The second-order valence-electron chi connectivity index (χ2n) is 2.71. The number of amides is 1. The minimum Gasteiger partial charge on any atom is -0.396 e. The smallest absolute Gasteiger partial charge is 0.236 e. The highest BCUT2D eigenvalue weighted by atomic mass is 16.3. The molecule has 0 spiro atoms. The summed E-state index contributed by atoms with van der Waals surface area (Å²) in [4.78, 5) is 10.9. The molecule has 0 aromatic rings. The Balaban J connectivity index is 3.57. The van der Waals surface area contributed by atoms with E-state index in [0.717, 1.165) is 0 Å². The van der Waals surface area contributed by atoms with E-state index in [1.54, 1.807) is 6.92 Å². The minimum atomic E-state index is -0.476. The zero-order valence-corrected chi connectivity index (χ0v) is 7.00. The maximum absolute atomic E-state index is 10.9. The summed E-state index contributed by atoms with van der Waals surface area (Å²) >= 11 is 0. The lowest BCUT2D eigenvalue weighted by Crippen LogP contribution is -2.42. The maximum atomic E-state index is 10.9. The molecule has 0 saturated carbocycles. The Hall–Kier alpha value is -0.610. The Kier molecular flexibility index (Phi) is 4.81. The average molecular weight is 160 g/mol. The monoisotopic (exact) mass is 160 g/mol. The van der Waals surface area contributed by atoms with Gasteiger partial charge in [0.2, 0.25) is 5.91 Å². The lowest BCUT2D eigenvalue weighted by atomic mass is 10.2. The molecule has 2 atom stereocenters. The minimum absolute atomic E-state index is 0.00139. The summed E-state index contributed by atoms with van der Waals surface area (Å²) in [6, 6.07) is -0.477. The van der Waals surface area contributed by atoms with Gasteiger partial charge in [-0.05, 0) is 20.3 Å². The highest BCUT2D eigenvalue weighted by molar-refractivity contribution is 5.81. The Labute approximate surface area is 66.8 Å². The van der Waals surface area contributed by atoms with E-state index in [-0.39, 0.29) is 18.6 Å². The molecule has 0 heterocycles. The molecule has 0 saturated heterocycles. The Morgan fingerprint density at radius 1 is 1.64 bits per heavy atom. The van der Waals surface area contributed by atoms with Crippen molar-refractivity contribution in [2.24, 2.45) is 5.73 Å². The summed E-state index contributed by atoms with van der Waals surface area (Å²) < 4.78 is 0. The number of rotatable bonds is 4. The van der Waals surface area contributed by atoms with Crippen LogP contribution in [0.1, 0.15) is 20.3 Å². The Bertz CT molecular complexity index is 126. The zero-order valence-electron chi connectivity index (χ0n) is 7.00. The van der Waals surface area contributed by atoms with Crippen molar-refractivity contribution in [3.05, 3.63) is 0 Å². The first kappa shape index (κ1) is 10.4. The molecule has 0 bridgehead atoms. The van der Waals surface area contributed by atoms with Crippen LogP contribution in [0.2, 0.25) is 0 Å². The summed E-state index contributed by atoms with van der Waals surface area (Å²) in [6.45, 7) is 3.54. The predicted octanol–water partition coefficient (Wildman–Crippen LogP) is -0.779. The zero-order chi connectivity index (χ0) is 8.85. The molecule has 4 N–H and O–H groups in total. The summed E-state index contributed by atoms with van der Waals surface area (Å²) in [5, 5.41) is 11.2. The highest BCUT2D eigenvalue weighted by Crippen LogP contribution is 1.88. The normalized spacial score (nSPS) is 15.6. The summed E-state index contributed by atoms with van der Waals surface area (Å²) in [6.07, 6.45) is 0.568. The second kappa shape index (κ2) is 5.09. The van der Waals surface area contributed by atoms with Crippen LogP contribution in [-0.2, 0) is 4.79 Å². The number of nitrogens with one attached hydrogen (secondary N) is 1. The van der Waals surface area contributed by atoms with Crippen molar-refractivity contribution in [3.8, 4) is 0 Å². The van der Waals surface area contributed by atoms with Gasteiger partial charge in [-0.25, -0.2) is 0 Å². The van der Waals surface area contributed by atoms with E-state index < -0.39 is 6.04 Å². The van der Waals surface area contributed by atoms with Crippen molar-refractivity contribution < 1.29 is 9.90 Å². The predicted molar refractivity (Wildman–Crippen MR) is 43.0 cm³/mol. The van der Waals surface area contributed by atoms with Crippen LogP contribution in [0.5, 0.6) is 0 Å². The van der Waals surface area contributed by atoms with Gasteiger partial charge in [0.15, 0.2) is 0 Å². The second-order valence-corrected chi connectivity index (χ2v) is 2.71.